The lowest BCUT2D eigenvalue weighted by atomic mass is 10.1. The average Bonchev–Trinajstić information content (AvgIpc) is 3.39. The van der Waals surface area contributed by atoms with Gasteiger partial charge in [0, 0.05) is 24.6 Å². The highest BCUT2D eigenvalue weighted by atomic mass is 16.2. The van der Waals surface area contributed by atoms with Gasteiger partial charge in [0.15, 0.2) is 0 Å². The highest BCUT2D eigenvalue weighted by Crippen LogP contribution is 2.39. The molecule has 2 N–H and O–H groups in total. The monoisotopic (exact) mass is 323 g/mol. The summed E-state index contributed by atoms with van der Waals surface area (Å²) in [6.07, 6.45) is 4.02. The average molecular weight is 323 g/mol. The molecular weight excluding hydrogens is 302 g/mol. The van der Waals surface area contributed by atoms with E-state index in [0.717, 1.165) is 22.4 Å². The van der Waals surface area contributed by atoms with Crippen LogP contribution in [0.5, 0.6) is 0 Å². The number of aryl methyl sites for hydroxylation is 1. The van der Waals surface area contributed by atoms with Gasteiger partial charge in [-0.1, -0.05) is 18.2 Å². The number of pyridine rings is 1. The smallest absolute Gasteiger partial charge is 0.228 e. The molecule has 2 unspecified atom stereocenters. The lowest BCUT2D eigenvalue weighted by Gasteiger charge is -2.10. The molecule has 1 aromatic carbocycles. The zero-order chi connectivity index (χ0) is 17.1. The highest BCUT2D eigenvalue weighted by Gasteiger charge is 2.47. The molecule has 1 aliphatic carbocycles. The number of carbonyl (C=O) groups is 2. The minimum Gasteiger partial charge on any atom is -0.352 e. The summed E-state index contributed by atoms with van der Waals surface area (Å²) >= 11 is 0. The second-order valence-electron chi connectivity index (χ2n) is 6.26. The first kappa shape index (κ1) is 16.2. The summed E-state index contributed by atoms with van der Waals surface area (Å²) in [5, 5.41) is 5.81. The van der Waals surface area contributed by atoms with Gasteiger partial charge >= 0.3 is 0 Å². The Labute approximate surface area is 141 Å². The molecule has 1 heterocycles. The normalized spacial score (nSPS) is 18.8. The summed E-state index contributed by atoms with van der Waals surface area (Å²) in [4.78, 5) is 28.5. The molecule has 1 saturated carbocycles. The molecule has 1 aromatic heterocycles. The molecule has 0 spiro atoms. The van der Waals surface area contributed by atoms with Crippen molar-refractivity contribution in [3.63, 3.8) is 0 Å². The highest BCUT2D eigenvalue weighted by molar-refractivity contribution is 6.00. The molecule has 5 heteroatoms. The summed E-state index contributed by atoms with van der Waals surface area (Å²) < 4.78 is 0. The van der Waals surface area contributed by atoms with Crippen LogP contribution in [-0.4, -0.2) is 16.8 Å². The summed E-state index contributed by atoms with van der Waals surface area (Å²) in [6.45, 7) is 4.43. The zero-order valence-corrected chi connectivity index (χ0v) is 13.9. The maximum Gasteiger partial charge on any atom is 0.228 e. The molecule has 2 amide bonds. The SMILES string of the molecule is Cc1cccc(NC(=O)C2CC2C(=O)NCc2cccnc2)c1C. The third kappa shape index (κ3) is 3.62. The maximum absolute atomic E-state index is 12.3. The molecule has 0 bridgehead atoms. The molecule has 0 saturated heterocycles. The fourth-order valence-electron chi connectivity index (χ4n) is 2.71. The van der Waals surface area contributed by atoms with Crippen LogP contribution in [0, 0.1) is 25.7 Å². The van der Waals surface area contributed by atoms with E-state index >= 15 is 0 Å². The third-order valence-corrected chi connectivity index (χ3v) is 4.52. The summed E-state index contributed by atoms with van der Waals surface area (Å²) in [5.74, 6) is -0.615. The number of hydrogen-bond acceptors (Lipinski definition) is 3. The van der Waals surface area contributed by atoms with Crippen molar-refractivity contribution in [3.8, 4) is 0 Å². The van der Waals surface area contributed by atoms with Crippen LogP contribution in [-0.2, 0) is 16.1 Å². The molecule has 0 radical (unpaired) electrons. The molecule has 5 nitrogen and oxygen atoms in total. The minimum absolute atomic E-state index is 0.0695. The predicted molar refractivity (Wildman–Crippen MR) is 92.2 cm³/mol. The third-order valence-electron chi connectivity index (χ3n) is 4.52. The van der Waals surface area contributed by atoms with E-state index in [-0.39, 0.29) is 23.7 Å². The first-order valence-corrected chi connectivity index (χ1v) is 8.10. The van der Waals surface area contributed by atoms with Crippen molar-refractivity contribution in [2.24, 2.45) is 11.8 Å². The fourth-order valence-corrected chi connectivity index (χ4v) is 2.71. The van der Waals surface area contributed by atoms with Crippen LogP contribution >= 0.6 is 0 Å². The second kappa shape index (κ2) is 6.83. The number of aromatic nitrogens is 1. The van der Waals surface area contributed by atoms with Crippen molar-refractivity contribution >= 4 is 17.5 Å². The fraction of sp³-hybridized carbons (Fsp3) is 0.316. The molecule has 1 aliphatic rings. The molecule has 2 atom stereocenters. The Kier molecular flexibility index (Phi) is 4.60. The van der Waals surface area contributed by atoms with Gasteiger partial charge in [0.2, 0.25) is 11.8 Å². The molecule has 124 valence electrons. The van der Waals surface area contributed by atoms with E-state index in [2.05, 4.69) is 15.6 Å². The summed E-state index contributed by atoms with van der Waals surface area (Å²) in [7, 11) is 0. The standard InChI is InChI=1S/C19H21N3O2/c1-12-5-3-7-17(13(12)2)22-19(24)16-9-15(16)18(23)21-11-14-6-4-8-20-10-14/h3-8,10,15-16H,9,11H2,1-2H3,(H,21,23)(H,22,24). The topological polar surface area (TPSA) is 71.1 Å². The number of rotatable bonds is 5. The number of benzene rings is 1. The molecule has 1 fully saturated rings. The second-order valence-corrected chi connectivity index (χ2v) is 6.26. The predicted octanol–water partition coefficient (Wildman–Crippen LogP) is 2.59. The summed E-state index contributed by atoms with van der Waals surface area (Å²) in [5.41, 5.74) is 3.96. The molecule has 24 heavy (non-hydrogen) atoms. The van der Waals surface area contributed by atoms with Gasteiger partial charge in [0.05, 0.1) is 11.8 Å². The Morgan fingerprint density at radius 1 is 1.12 bits per heavy atom. The largest absolute Gasteiger partial charge is 0.352 e. The van der Waals surface area contributed by atoms with Gasteiger partial charge in [-0.25, -0.2) is 0 Å². The van der Waals surface area contributed by atoms with E-state index < -0.39 is 0 Å². The number of amides is 2. The molecule has 0 aliphatic heterocycles. The first-order valence-electron chi connectivity index (χ1n) is 8.10. The Balaban J connectivity index is 1.52. The minimum atomic E-state index is -0.237. The van der Waals surface area contributed by atoms with Crippen LogP contribution in [0.1, 0.15) is 23.1 Å². The Morgan fingerprint density at radius 2 is 1.92 bits per heavy atom. The van der Waals surface area contributed by atoms with Crippen LogP contribution < -0.4 is 10.6 Å². The molecular formula is C19H21N3O2. The van der Waals surface area contributed by atoms with Gasteiger partial charge in [-0.05, 0) is 49.1 Å². The van der Waals surface area contributed by atoms with Crippen molar-refractivity contribution in [2.45, 2.75) is 26.8 Å². The van der Waals surface area contributed by atoms with E-state index in [1.54, 1.807) is 12.4 Å². The van der Waals surface area contributed by atoms with Crippen molar-refractivity contribution in [1.29, 1.82) is 0 Å². The zero-order valence-electron chi connectivity index (χ0n) is 13.9. The van der Waals surface area contributed by atoms with E-state index in [4.69, 9.17) is 0 Å². The quantitative estimate of drug-likeness (QED) is 0.888. The van der Waals surface area contributed by atoms with E-state index in [1.165, 1.54) is 0 Å². The van der Waals surface area contributed by atoms with Crippen molar-refractivity contribution in [2.75, 3.05) is 5.32 Å². The van der Waals surface area contributed by atoms with Crippen LogP contribution in [0.2, 0.25) is 0 Å². The van der Waals surface area contributed by atoms with Crippen molar-refractivity contribution in [3.05, 3.63) is 59.4 Å². The number of nitrogens with one attached hydrogen (secondary N) is 2. The van der Waals surface area contributed by atoms with Crippen molar-refractivity contribution in [1.82, 2.24) is 10.3 Å². The Bertz CT molecular complexity index is 758. The van der Waals surface area contributed by atoms with Gasteiger partial charge in [-0.3, -0.25) is 14.6 Å². The Morgan fingerprint density at radius 3 is 2.67 bits per heavy atom. The van der Waals surface area contributed by atoms with Crippen LogP contribution in [0.4, 0.5) is 5.69 Å². The molecule has 3 rings (SSSR count). The molecule has 2 aromatic rings. The van der Waals surface area contributed by atoms with Crippen LogP contribution in [0.25, 0.3) is 0 Å². The van der Waals surface area contributed by atoms with Gasteiger partial charge < -0.3 is 10.6 Å². The number of hydrogen-bond donors (Lipinski definition) is 2. The van der Waals surface area contributed by atoms with E-state index in [1.807, 2.05) is 44.2 Å². The summed E-state index contributed by atoms with van der Waals surface area (Å²) in [6, 6.07) is 9.56. The van der Waals surface area contributed by atoms with Gasteiger partial charge in [0.25, 0.3) is 0 Å². The van der Waals surface area contributed by atoms with Crippen molar-refractivity contribution < 1.29 is 9.59 Å². The van der Waals surface area contributed by atoms with Gasteiger partial charge in [0.1, 0.15) is 0 Å². The van der Waals surface area contributed by atoms with E-state index in [9.17, 15) is 9.59 Å². The van der Waals surface area contributed by atoms with Gasteiger partial charge in [-0.15, -0.1) is 0 Å². The Hall–Kier alpha value is -2.69. The van der Waals surface area contributed by atoms with Crippen LogP contribution in [0.15, 0.2) is 42.7 Å². The maximum atomic E-state index is 12.3. The first-order chi connectivity index (χ1) is 11.6. The van der Waals surface area contributed by atoms with Crippen LogP contribution in [0.3, 0.4) is 0 Å². The van der Waals surface area contributed by atoms with Gasteiger partial charge in [-0.2, -0.15) is 0 Å². The number of nitrogens with zero attached hydrogens (tertiary/aromatic N) is 1. The number of anilines is 1. The van der Waals surface area contributed by atoms with E-state index in [0.29, 0.717) is 13.0 Å². The number of carbonyl (C=O) groups excluding carboxylic acids is 2. The lowest BCUT2D eigenvalue weighted by Crippen LogP contribution is -2.27. The lowest BCUT2D eigenvalue weighted by molar-refractivity contribution is -0.125.